The molecule has 0 bridgehead atoms. The molecule has 5 rings (SSSR count). The maximum atomic E-state index is 5.51. The molecule has 0 radical (unpaired) electrons. The third-order valence-electron chi connectivity index (χ3n) is 6.08. The van der Waals surface area contributed by atoms with E-state index in [1.807, 2.05) is 18.2 Å². The van der Waals surface area contributed by atoms with E-state index in [4.69, 9.17) is 4.74 Å². The number of anilines is 1. The zero-order valence-electron chi connectivity index (χ0n) is 18.4. The molecule has 0 aliphatic carbocycles. The second-order valence-electron chi connectivity index (χ2n) is 8.08. The van der Waals surface area contributed by atoms with Crippen molar-refractivity contribution in [1.82, 2.24) is 25.4 Å². The Balaban J connectivity index is 1.27. The summed E-state index contributed by atoms with van der Waals surface area (Å²) in [4.78, 5) is 8.88. The molecule has 7 nitrogen and oxygen atoms in total. The van der Waals surface area contributed by atoms with Gasteiger partial charge in [0.25, 0.3) is 0 Å². The fourth-order valence-electron chi connectivity index (χ4n) is 4.39. The Labute approximate surface area is 187 Å². The van der Waals surface area contributed by atoms with Crippen LogP contribution in [0.25, 0.3) is 22.2 Å². The van der Waals surface area contributed by atoms with Gasteiger partial charge in [-0.05, 0) is 37.1 Å². The number of rotatable bonds is 7. The summed E-state index contributed by atoms with van der Waals surface area (Å²) < 4.78 is 7.81. The first-order chi connectivity index (χ1) is 15.7. The van der Waals surface area contributed by atoms with E-state index < -0.39 is 0 Å². The Morgan fingerprint density at radius 3 is 2.78 bits per heavy atom. The number of hydrogen-bond donors (Lipinski definition) is 3. The minimum Gasteiger partial charge on any atom is -0.496 e. The summed E-state index contributed by atoms with van der Waals surface area (Å²) in [5.41, 5.74) is 12.2. The van der Waals surface area contributed by atoms with Crippen LogP contribution in [-0.2, 0) is 6.54 Å². The molecular formula is C25H28N6O. The van der Waals surface area contributed by atoms with Crippen molar-refractivity contribution >= 4 is 16.7 Å². The van der Waals surface area contributed by atoms with Crippen molar-refractivity contribution < 1.29 is 4.74 Å². The highest BCUT2D eigenvalue weighted by atomic mass is 16.5. The second kappa shape index (κ2) is 8.98. The van der Waals surface area contributed by atoms with E-state index in [1.54, 1.807) is 13.4 Å². The lowest BCUT2D eigenvalue weighted by molar-refractivity contribution is 0.420. The van der Waals surface area contributed by atoms with Crippen LogP contribution in [0.15, 0.2) is 60.9 Å². The van der Waals surface area contributed by atoms with Gasteiger partial charge in [0.1, 0.15) is 17.9 Å². The first-order valence-corrected chi connectivity index (χ1v) is 11.0. The molecule has 1 fully saturated rings. The van der Waals surface area contributed by atoms with Crippen LogP contribution >= 0.6 is 0 Å². The van der Waals surface area contributed by atoms with Gasteiger partial charge in [0, 0.05) is 48.4 Å². The van der Waals surface area contributed by atoms with Gasteiger partial charge in [0.05, 0.1) is 18.3 Å². The standard InChI is InChI=1S/C25H28N6O/c1-17-14-20-23(4-3-5-24(20)32-2)31(17)13-12-26-25-15-22(27-16-28-25)19-8-6-18(7-9-19)21-10-11-29-30-21/h3-9,14-16,21,29-30H,10-13H2,1-2H3,(H,26,27,28). The molecule has 32 heavy (non-hydrogen) atoms. The Kier molecular flexibility index (Phi) is 5.75. The monoisotopic (exact) mass is 428 g/mol. The molecule has 2 aromatic carbocycles. The largest absolute Gasteiger partial charge is 0.496 e. The predicted molar refractivity (Wildman–Crippen MR) is 128 cm³/mol. The fourth-order valence-corrected chi connectivity index (χ4v) is 4.39. The van der Waals surface area contributed by atoms with Crippen LogP contribution < -0.4 is 20.9 Å². The molecule has 0 spiro atoms. The molecular weight excluding hydrogens is 400 g/mol. The van der Waals surface area contributed by atoms with E-state index in [1.165, 1.54) is 16.8 Å². The Morgan fingerprint density at radius 1 is 1.12 bits per heavy atom. The van der Waals surface area contributed by atoms with Crippen LogP contribution in [0.2, 0.25) is 0 Å². The van der Waals surface area contributed by atoms with Crippen molar-refractivity contribution in [3.8, 4) is 17.0 Å². The van der Waals surface area contributed by atoms with Gasteiger partial charge in [-0.15, -0.1) is 0 Å². The second-order valence-corrected chi connectivity index (χ2v) is 8.08. The van der Waals surface area contributed by atoms with Crippen LogP contribution in [0.3, 0.4) is 0 Å². The third-order valence-corrected chi connectivity index (χ3v) is 6.08. The number of hydrogen-bond acceptors (Lipinski definition) is 6. The molecule has 7 heteroatoms. The highest BCUT2D eigenvalue weighted by Gasteiger charge is 2.15. The summed E-state index contributed by atoms with van der Waals surface area (Å²) in [7, 11) is 1.71. The summed E-state index contributed by atoms with van der Waals surface area (Å²) in [6, 6.07) is 19.3. The summed E-state index contributed by atoms with van der Waals surface area (Å²) in [6.07, 6.45) is 2.72. The Bertz CT molecular complexity index is 1210. The topological polar surface area (TPSA) is 76.0 Å². The van der Waals surface area contributed by atoms with Gasteiger partial charge in [-0.2, -0.15) is 0 Å². The van der Waals surface area contributed by atoms with E-state index >= 15 is 0 Å². The Hall–Kier alpha value is -3.42. The number of nitrogens with zero attached hydrogens (tertiary/aromatic N) is 3. The third kappa shape index (κ3) is 4.04. The highest BCUT2D eigenvalue weighted by Crippen LogP contribution is 2.28. The summed E-state index contributed by atoms with van der Waals surface area (Å²) in [5.74, 6) is 1.73. The number of aryl methyl sites for hydroxylation is 1. The van der Waals surface area contributed by atoms with Crippen molar-refractivity contribution in [2.24, 2.45) is 0 Å². The van der Waals surface area contributed by atoms with E-state index in [0.717, 1.165) is 54.3 Å². The molecule has 1 saturated heterocycles. The maximum Gasteiger partial charge on any atom is 0.130 e. The van der Waals surface area contributed by atoms with Crippen LogP contribution in [0.1, 0.15) is 23.7 Å². The number of ether oxygens (including phenoxy) is 1. The van der Waals surface area contributed by atoms with E-state index in [9.17, 15) is 0 Å². The van der Waals surface area contributed by atoms with Crippen LogP contribution in [0, 0.1) is 6.92 Å². The average molecular weight is 429 g/mol. The van der Waals surface area contributed by atoms with Crippen molar-refractivity contribution in [1.29, 1.82) is 0 Å². The molecule has 164 valence electrons. The molecule has 2 aromatic heterocycles. The zero-order valence-corrected chi connectivity index (χ0v) is 18.4. The number of fused-ring (bicyclic) bond motifs is 1. The Morgan fingerprint density at radius 2 is 2.00 bits per heavy atom. The van der Waals surface area contributed by atoms with E-state index in [0.29, 0.717) is 6.04 Å². The molecule has 3 N–H and O–H groups in total. The van der Waals surface area contributed by atoms with Gasteiger partial charge in [-0.1, -0.05) is 30.3 Å². The molecule has 4 aromatic rings. The summed E-state index contributed by atoms with van der Waals surface area (Å²) in [6.45, 7) is 4.72. The van der Waals surface area contributed by atoms with Gasteiger partial charge in [0.2, 0.25) is 0 Å². The molecule has 3 heterocycles. The number of methoxy groups -OCH3 is 1. The molecule has 1 aliphatic rings. The minimum atomic E-state index is 0.375. The first kappa shape index (κ1) is 20.5. The van der Waals surface area contributed by atoms with E-state index in [2.05, 4.69) is 74.0 Å². The molecule has 0 amide bonds. The number of hydrazine groups is 1. The average Bonchev–Trinajstić information content (AvgIpc) is 3.48. The number of nitrogens with one attached hydrogen (secondary N) is 3. The first-order valence-electron chi connectivity index (χ1n) is 11.0. The van der Waals surface area contributed by atoms with Gasteiger partial charge in [0.15, 0.2) is 0 Å². The predicted octanol–water partition coefficient (Wildman–Crippen LogP) is 4.07. The van der Waals surface area contributed by atoms with E-state index in [-0.39, 0.29) is 0 Å². The molecule has 1 atom stereocenters. The van der Waals surface area contributed by atoms with Gasteiger partial charge in [-0.25, -0.2) is 9.97 Å². The van der Waals surface area contributed by atoms with Gasteiger partial charge >= 0.3 is 0 Å². The number of benzene rings is 2. The zero-order chi connectivity index (χ0) is 21.9. The summed E-state index contributed by atoms with van der Waals surface area (Å²) in [5, 5.41) is 4.59. The smallest absolute Gasteiger partial charge is 0.130 e. The molecule has 1 unspecified atom stereocenters. The van der Waals surface area contributed by atoms with Crippen molar-refractivity contribution in [2.75, 3.05) is 25.5 Å². The normalized spacial score (nSPS) is 15.9. The van der Waals surface area contributed by atoms with Crippen LogP contribution in [-0.4, -0.2) is 34.7 Å². The van der Waals surface area contributed by atoms with Gasteiger partial charge < -0.3 is 14.6 Å². The summed E-state index contributed by atoms with van der Waals surface area (Å²) >= 11 is 0. The highest BCUT2D eigenvalue weighted by molar-refractivity contribution is 5.87. The lowest BCUT2D eigenvalue weighted by Gasteiger charge is -2.12. The number of aromatic nitrogens is 3. The SMILES string of the molecule is COc1cccc2c1cc(C)n2CCNc1cc(-c2ccc(C3CCNN3)cc2)ncn1. The van der Waals surface area contributed by atoms with Crippen molar-refractivity contribution in [3.63, 3.8) is 0 Å². The van der Waals surface area contributed by atoms with Crippen molar-refractivity contribution in [3.05, 3.63) is 72.2 Å². The quantitative estimate of drug-likeness (QED) is 0.412. The lowest BCUT2D eigenvalue weighted by atomic mass is 10.0. The van der Waals surface area contributed by atoms with Crippen LogP contribution in [0.4, 0.5) is 5.82 Å². The van der Waals surface area contributed by atoms with Crippen LogP contribution in [0.5, 0.6) is 5.75 Å². The minimum absolute atomic E-state index is 0.375. The molecule has 0 saturated carbocycles. The van der Waals surface area contributed by atoms with Gasteiger partial charge in [-0.3, -0.25) is 10.9 Å². The molecule has 1 aliphatic heterocycles. The fraction of sp³-hybridized carbons (Fsp3) is 0.280. The lowest BCUT2D eigenvalue weighted by Crippen LogP contribution is -2.24. The van der Waals surface area contributed by atoms with Crippen molar-refractivity contribution in [2.45, 2.75) is 25.9 Å². The maximum absolute atomic E-state index is 5.51.